The van der Waals surface area contributed by atoms with E-state index in [4.69, 9.17) is 0 Å². The van der Waals surface area contributed by atoms with Crippen LogP contribution in [0.5, 0.6) is 0 Å². The number of rotatable bonds is 13. The zero-order valence-corrected chi connectivity index (χ0v) is 16.6. The lowest BCUT2D eigenvalue weighted by atomic mass is 10.1. The molecule has 1 heterocycles. The Kier molecular flexibility index (Phi) is 9.96. The Bertz CT molecular complexity index is 691. The SMILES string of the molecule is CCCCCCCCCCCCNc1ncnc(-c2ccccc2)c1C#N. The molecule has 4 nitrogen and oxygen atoms in total. The summed E-state index contributed by atoms with van der Waals surface area (Å²) in [6.45, 7) is 3.11. The molecule has 0 radical (unpaired) electrons. The summed E-state index contributed by atoms with van der Waals surface area (Å²) in [6.07, 6.45) is 14.7. The average Bonchev–Trinajstić information content (AvgIpc) is 2.72. The average molecular weight is 365 g/mol. The molecule has 0 spiro atoms. The molecule has 1 N–H and O–H groups in total. The molecule has 0 aliphatic carbocycles. The van der Waals surface area contributed by atoms with Crippen molar-refractivity contribution in [1.82, 2.24) is 9.97 Å². The lowest BCUT2D eigenvalue weighted by Crippen LogP contribution is -2.07. The Morgan fingerprint density at radius 2 is 1.48 bits per heavy atom. The second-order valence-electron chi connectivity index (χ2n) is 7.03. The Morgan fingerprint density at radius 3 is 2.11 bits per heavy atom. The third-order valence-corrected chi connectivity index (χ3v) is 4.83. The molecule has 144 valence electrons. The molecule has 0 atom stereocenters. The van der Waals surface area contributed by atoms with Crippen molar-refractivity contribution in [2.24, 2.45) is 0 Å². The first-order valence-electron chi connectivity index (χ1n) is 10.4. The van der Waals surface area contributed by atoms with E-state index in [1.54, 1.807) is 0 Å². The highest BCUT2D eigenvalue weighted by atomic mass is 15.0. The van der Waals surface area contributed by atoms with Crippen molar-refractivity contribution < 1.29 is 0 Å². The summed E-state index contributed by atoms with van der Waals surface area (Å²) in [6, 6.07) is 12.1. The van der Waals surface area contributed by atoms with E-state index in [2.05, 4.69) is 28.3 Å². The van der Waals surface area contributed by atoms with Gasteiger partial charge in [-0.15, -0.1) is 0 Å². The quantitative estimate of drug-likeness (QED) is 0.421. The molecule has 0 unspecified atom stereocenters. The number of hydrogen-bond acceptors (Lipinski definition) is 4. The highest BCUT2D eigenvalue weighted by Gasteiger charge is 2.12. The van der Waals surface area contributed by atoms with Crippen molar-refractivity contribution >= 4 is 5.82 Å². The van der Waals surface area contributed by atoms with Gasteiger partial charge in [0, 0.05) is 12.1 Å². The third kappa shape index (κ3) is 7.38. The highest BCUT2D eigenvalue weighted by molar-refractivity contribution is 5.72. The standard InChI is InChI=1S/C23H32N4/c1-2-3-4-5-6-7-8-9-10-14-17-25-23-21(18-24)22(26-19-27-23)20-15-12-11-13-16-20/h11-13,15-16,19H,2-10,14,17H2,1H3,(H,25,26,27). The normalized spacial score (nSPS) is 10.5. The molecule has 0 fully saturated rings. The smallest absolute Gasteiger partial charge is 0.148 e. The van der Waals surface area contributed by atoms with Gasteiger partial charge in [0.05, 0.1) is 5.69 Å². The molecule has 2 rings (SSSR count). The van der Waals surface area contributed by atoms with Crippen molar-refractivity contribution in [3.8, 4) is 17.3 Å². The molecule has 0 saturated carbocycles. The first kappa shape index (κ1) is 20.9. The molecule has 4 heteroatoms. The molecule has 0 aliphatic heterocycles. The molecule has 0 amide bonds. The van der Waals surface area contributed by atoms with E-state index < -0.39 is 0 Å². The molecule has 27 heavy (non-hydrogen) atoms. The summed E-state index contributed by atoms with van der Waals surface area (Å²) in [5.74, 6) is 0.641. The minimum Gasteiger partial charge on any atom is -0.369 e. The first-order valence-corrected chi connectivity index (χ1v) is 10.4. The topological polar surface area (TPSA) is 61.6 Å². The fourth-order valence-corrected chi connectivity index (χ4v) is 3.26. The number of anilines is 1. The highest BCUT2D eigenvalue weighted by Crippen LogP contribution is 2.24. The summed E-state index contributed by atoms with van der Waals surface area (Å²) in [4.78, 5) is 8.59. The van der Waals surface area contributed by atoms with E-state index in [-0.39, 0.29) is 0 Å². The molecular formula is C23H32N4. The van der Waals surface area contributed by atoms with Crippen LogP contribution in [0.4, 0.5) is 5.82 Å². The molecule has 0 aliphatic rings. The number of nitrogens with zero attached hydrogens (tertiary/aromatic N) is 3. The maximum atomic E-state index is 9.57. The van der Waals surface area contributed by atoms with E-state index in [0.29, 0.717) is 17.1 Å². The van der Waals surface area contributed by atoms with Crippen molar-refractivity contribution in [2.45, 2.75) is 71.1 Å². The molecule has 1 aromatic carbocycles. The van der Waals surface area contributed by atoms with Gasteiger partial charge in [-0.3, -0.25) is 0 Å². The summed E-state index contributed by atoms with van der Waals surface area (Å²) < 4.78 is 0. The van der Waals surface area contributed by atoms with E-state index >= 15 is 0 Å². The largest absolute Gasteiger partial charge is 0.369 e. The number of nitrogens with one attached hydrogen (secondary N) is 1. The van der Waals surface area contributed by atoms with Gasteiger partial charge in [0.15, 0.2) is 0 Å². The maximum absolute atomic E-state index is 9.57. The number of aromatic nitrogens is 2. The van der Waals surface area contributed by atoms with Crippen LogP contribution >= 0.6 is 0 Å². The zero-order valence-electron chi connectivity index (χ0n) is 16.6. The van der Waals surface area contributed by atoms with Crippen molar-refractivity contribution in [3.05, 3.63) is 42.2 Å². The zero-order chi connectivity index (χ0) is 19.2. The van der Waals surface area contributed by atoms with Gasteiger partial charge in [0.1, 0.15) is 23.8 Å². The predicted octanol–water partition coefficient (Wildman–Crippen LogP) is 6.35. The molecular weight excluding hydrogens is 332 g/mol. The predicted molar refractivity (Wildman–Crippen MR) is 113 cm³/mol. The van der Waals surface area contributed by atoms with Crippen LogP contribution in [-0.2, 0) is 0 Å². The van der Waals surface area contributed by atoms with Crippen LogP contribution in [0.3, 0.4) is 0 Å². The fraction of sp³-hybridized carbons (Fsp3) is 0.522. The Morgan fingerprint density at radius 1 is 0.852 bits per heavy atom. The number of hydrogen-bond donors (Lipinski definition) is 1. The van der Waals surface area contributed by atoms with Crippen LogP contribution < -0.4 is 5.32 Å². The van der Waals surface area contributed by atoms with Gasteiger partial charge in [-0.25, -0.2) is 9.97 Å². The second-order valence-corrected chi connectivity index (χ2v) is 7.03. The summed E-state index contributed by atoms with van der Waals surface area (Å²) in [5, 5.41) is 12.9. The van der Waals surface area contributed by atoms with E-state index in [1.165, 1.54) is 64.1 Å². The van der Waals surface area contributed by atoms with E-state index in [0.717, 1.165) is 18.5 Å². The Labute approximate surface area is 164 Å². The van der Waals surface area contributed by atoms with Gasteiger partial charge in [0.2, 0.25) is 0 Å². The van der Waals surface area contributed by atoms with Gasteiger partial charge in [-0.05, 0) is 6.42 Å². The minimum atomic E-state index is 0.524. The summed E-state index contributed by atoms with van der Waals surface area (Å²) in [5.41, 5.74) is 2.16. The van der Waals surface area contributed by atoms with Crippen LogP contribution in [0, 0.1) is 11.3 Å². The van der Waals surface area contributed by atoms with Crippen LogP contribution in [0.15, 0.2) is 36.7 Å². The van der Waals surface area contributed by atoms with E-state index in [9.17, 15) is 5.26 Å². The van der Waals surface area contributed by atoms with Crippen LogP contribution in [-0.4, -0.2) is 16.5 Å². The van der Waals surface area contributed by atoms with Gasteiger partial charge in [-0.1, -0.05) is 95.0 Å². The fourth-order valence-electron chi connectivity index (χ4n) is 3.26. The van der Waals surface area contributed by atoms with Gasteiger partial charge in [0.25, 0.3) is 0 Å². The minimum absolute atomic E-state index is 0.524. The van der Waals surface area contributed by atoms with Gasteiger partial charge >= 0.3 is 0 Å². The summed E-state index contributed by atoms with van der Waals surface area (Å²) in [7, 11) is 0. The van der Waals surface area contributed by atoms with E-state index in [1.807, 2.05) is 30.3 Å². The molecule has 2 aromatic rings. The molecule has 0 saturated heterocycles. The second kappa shape index (κ2) is 12.9. The van der Waals surface area contributed by atoms with Gasteiger partial charge < -0.3 is 5.32 Å². The van der Waals surface area contributed by atoms with Crippen molar-refractivity contribution in [3.63, 3.8) is 0 Å². The Hall–Kier alpha value is -2.41. The number of nitriles is 1. The summed E-state index contributed by atoms with van der Waals surface area (Å²) >= 11 is 0. The lowest BCUT2D eigenvalue weighted by molar-refractivity contribution is 0.560. The van der Waals surface area contributed by atoms with Crippen LogP contribution in [0.25, 0.3) is 11.3 Å². The van der Waals surface area contributed by atoms with Crippen LogP contribution in [0.1, 0.15) is 76.7 Å². The van der Waals surface area contributed by atoms with Gasteiger partial charge in [-0.2, -0.15) is 5.26 Å². The lowest BCUT2D eigenvalue weighted by Gasteiger charge is -2.10. The first-order chi connectivity index (χ1) is 13.4. The number of benzene rings is 1. The van der Waals surface area contributed by atoms with Crippen molar-refractivity contribution in [1.29, 1.82) is 5.26 Å². The third-order valence-electron chi connectivity index (χ3n) is 4.83. The number of unbranched alkanes of at least 4 members (excludes halogenated alkanes) is 9. The molecule has 1 aromatic heterocycles. The van der Waals surface area contributed by atoms with Crippen LogP contribution in [0.2, 0.25) is 0 Å². The van der Waals surface area contributed by atoms with Crippen molar-refractivity contribution in [2.75, 3.05) is 11.9 Å². The monoisotopic (exact) mass is 364 g/mol. The maximum Gasteiger partial charge on any atom is 0.148 e. The Balaban J connectivity index is 1.70. The molecule has 0 bridgehead atoms.